The van der Waals surface area contributed by atoms with Gasteiger partial charge in [0.15, 0.2) is 5.03 Å². The van der Waals surface area contributed by atoms with Crippen molar-refractivity contribution in [2.75, 3.05) is 26.2 Å². The third-order valence-corrected chi connectivity index (χ3v) is 4.99. The second-order valence-corrected chi connectivity index (χ2v) is 6.69. The van der Waals surface area contributed by atoms with Gasteiger partial charge in [-0.1, -0.05) is 6.92 Å². The molecule has 3 N–H and O–H groups in total. The number of aromatic nitrogens is 2. The van der Waals surface area contributed by atoms with Gasteiger partial charge in [0.1, 0.15) is 5.82 Å². The van der Waals surface area contributed by atoms with Gasteiger partial charge in [0.2, 0.25) is 0 Å². The standard InChI is InChI=1S/C12H22N4O3S/c1-2-11-13-9-12(14-11)20(18,19)15-10-3-5-16(6-4-10)7-8-17/h9-10,15,17H,2-8H2,1H3,(H,13,14). The predicted molar refractivity (Wildman–Crippen MR) is 74.8 cm³/mol. The van der Waals surface area contributed by atoms with Gasteiger partial charge < -0.3 is 15.0 Å². The van der Waals surface area contributed by atoms with Gasteiger partial charge >= 0.3 is 0 Å². The molecule has 2 rings (SSSR count). The molecule has 0 amide bonds. The summed E-state index contributed by atoms with van der Waals surface area (Å²) in [5, 5.41) is 9.01. The Balaban J connectivity index is 1.92. The summed E-state index contributed by atoms with van der Waals surface area (Å²) in [6, 6.07) is -0.0525. The molecule has 0 unspecified atom stereocenters. The van der Waals surface area contributed by atoms with Crippen LogP contribution in [0.1, 0.15) is 25.6 Å². The Kier molecular flexibility index (Phi) is 5.14. The molecular weight excluding hydrogens is 280 g/mol. The Morgan fingerprint density at radius 1 is 1.50 bits per heavy atom. The Labute approximate surface area is 119 Å². The molecule has 114 valence electrons. The third kappa shape index (κ3) is 3.78. The zero-order valence-corrected chi connectivity index (χ0v) is 12.5. The van der Waals surface area contributed by atoms with Crippen molar-refractivity contribution in [1.29, 1.82) is 0 Å². The Hall–Kier alpha value is -0.960. The van der Waals surface area contributed by atoms with E-state index < -0.39 is 10.0 Å². The highest BCUT2D eigenvalue weighted by Gasteiger charge is 2.25. The van der Waals surface area contributed by atoms with Crippen LogP contribution in [-0.4, -0.2) is 60.7 Å². The van der Waals surface area contributed by atoms with Crippen molar-refractivity contribution in [2.45, 2.75) is 37.3 Å². The maximum absolute atomic E-state index is 12.2. The quantitative estimate of drug-likeness (QED) is 0.670. The molecule has 1 aromatic rings. The summed E-state index contributed by atoms with van der Waals surface area (Å²) in [5.41, 5.74) is 0. The van der Waals surface area contributed by atoms with Crippen molar-refractivity contribution in [3.05, 3.63) is 12.0 Å². The van der Waals surface area contributed by atoms with Gasteiger partial charge in [0, 0.05) is 19.0 Å². The molecule has 0 saturated carbocycles. The molecular formula is C12H22N4O3S. The van der Waals surface area contributed by atoms with E-state index in [0.717, 1.165) is 25.9 Å². The van der Waals surface area contributed by atoms with Crippen LogP contribution in [0.3, 0.4) is 0 Å². The minimum Gasteiger partial charge on any atom is -0.395 e. The summed E-state index contributed by atoms with van der Waals surface area (Å²) >= 11 is 0. The van der Waals surface area contributed by atoms with Crippen molar-refractivity contribution in [3.63, 3.8) is 0 Å². The summed E-state index contributed by atoms with van der Waals surface area (Å²) in [5.74, 6) is 0.670. The lowest BCUT2D eigenvalue weighted by atomic mass is 10.1. The summed E-state index contributed by atoms with van der Waals surface area (Å²) < 4.78 is 27.1. The normalized spacial score (nSPS) is 18.5. The fraction of sp³-hybridized carbons (Fsp3) is 0.750. The maximum atomic E-state index is 12.2. The maximum Gasteiger partial charge on any atom is 0.257 e. The molecule has 0 radical (unpaired) electrons. The highest BCUT2D eigenvalue weighted by atomic mass is 32.2. The van der Waals surface area contributed by atoms with E-state index in [-0.39, 0.29) is 17.7 Å². The van der Waals surface area contributed by atoms with E-state index in [1.54, 1.807) is 0 Å². The van der Waals surface area contributed by atoms with Crippen LogP contribution in [0.2, 0.25) is 0 Å². The molecule has 0 bridgehead atoms. The second-order valence-electron chi connectivity index (χ2n) is 5.01. The molecule has 0 spiro atoms. The van der Waals surface area contributed by atoms with Crippen LogP contribution in [-0.2, 0) is 16.4 Å². The minimum absolute atomic E-state index is 0.0525. The van der Waals surface area contributed by atoms with Crippen molar-refractivity contribution in [1.82, 2.24) is 19.6 Å². The first-order chi connectivity index (χ1) is 9.55. The van der Waals surface area contributed by atoms with E-state index in [4.69, 9.17) is 5.11 Å². The lowest BCUT2D eigenvalue weighted by Crippen LogP contribution is -2.45. The van der Waals surface area contributed by atoms with E-state index in [0.29, 0.717) is 18.8 Å². The second kappa shape index (κ2) is 6.66. The Bertz CT molecular complexity index is 521. The predicted octanol–water partition coefficient (Wildman–Crippen LogP) is -0.293. The van der Waals surface area contributed by atoms with Crippen molar-refractivity contribution < 1.29 is 13.5 Å². The van der Waals surface area contributed by atoms with Gasteiger partial charge in [-0.15, -0.1) is 0 Å². The van der Waals surface area contributed by atoms with Crippen molar-refractivity contribution in [3.8, 4) is 0 Å². The van der Waals surface area contributed by atoms with E-state index in [1.165, 1.54) is 6.20 Å². The lowest BCUT2D eigenvalue weighted by molar-refractivity contribution is 0.162. The number of nitrogens with zero attached hydrogens (tertiary/aromatic N) is 2. The van der Waals surface area contributed by atoms with Crippen molar-refractivity contribution in [2.24, 2.45) is 0 Å². The number of imidazole rings is 1. The number of aromatic amines is 1. The zero-order valence-electron chi connectivity index (χ0n) is 11.7. The highest BCUT2D eigenvalue weighted by Crippen LogP contribution is 2.14. The Morgan fingerprint density at radius 3 is 2.75 bits per heavy atom. The van der Waals surface area contributed by atoms with Gasteiger partial charge in [-0.25, -0.2) is 18.1 Å². The number of hydrogen-bond acceptors (Lipinski definition) is 5. The Morgan fingerprint density at radius 2 is 2.20 bits per heavy atom. The number of H-pyrrole nitrogens is 1. The van der Waals surface area contributed by atoms with Crippen molar-refractivity contribution >= 4 is 10.0 Å². The average Bonchev–Trinajstić information content (AvgIpc) is 2.91. The van der Waals surface area contributed by atoms with Crippen LogP contribution in [0.25, 0.3) is 0 Å². The fourth-order valence-electron chi connectivity index (χ4n) is 2.36. The number of hydrogen-bond donors (Lipinski definition) is 3. The molecule has 1 saturated heterocycles. The molecule has 1 aliphatic rings. The third-order valence-electron chi connectivity index (χ3n) is 3.56. The number of aryl methyl sites for hydroxylation is 1. The molecule has 1 fully saturated rings. The van der Waals surface area contributed by atoms with Crippen LogP contribution in [0.15, 0.2) is 11.2 Å². The highest BCUT2D eigenvalue weighted by molar-refractivity contribution is 7.89. The van der Waals surface area contributed by atoms with Crippen LogP contribution in [0.4, 0.5) is 0 Å². The molecule has 0 aromatic carbocycles. The minimum atomic E-state index is -3.51. The van der Waals surface area contributed by atoms with Gasteiger partial charge in [-0.05, 0) is 25.9 Å². The van der Waals surface area contributed by atoms with Gasteiger partial charge in [-0.2, -0.15) is 0 Å². The molecule has 0 aliphatic carbocycles. The largest absolute Gasteiger partial charge is 0.395 e. The monoisotopic (exact) mass is 302 g/mol. The average molecular weight is 302 g/mol. The summed E-state index contributed by atoms with van der Waals surface area (Å²) in [6.07, 6.45) is 3.55. The summed E-state index contributed by atoms with van der Waals surface area (Å²) in [4.78, 5) is 8.97. The lowest BCUT2D eigenvalue weighted by Gasteiger charge is -2.31. The first kappa shape index (κ1) is 15.4. The number of nitrogens with one attached hydrogen (secondary N) is 2. The summed E-state index contributed by atoms with van der Waals surface area (Å²) in [6.45, 7) is 4.32. The van der Waals surface area contributed by atoms with Crippen LogP contribution < -0.4 is 4.72 Å². The SMILES string of the molecule is CCc1ncc(S(=O)(=O)NC2CCN(CCO)CC2)[nH]1. The molecule has 1 aromatic heterocycles. The first-order valence-corrected chi connectivity index (χ1v) is 8.43. The van der Waals surface area contributed by atoms with E-state index >= 15 is 0 Å². The first-order valence-electron chi connectivity index (χ1n) is 6.94. The molecule has 7 nitrogen and oxygen atoms in total. The number of β-amino-alcohol motifs (C(OH)–C–C–N with tert-alkyl or cyclic N) is 1. The van der Waals surface area contributed by atoms with E-state index in [1.807, 2.05) is 6.92 Å². The van der Waals surface area contributed by atoms with Crippen LogP contribution in [0, 0.1) is 0 Å². The van der Waals surface area contributed by atoms with Crippen LogP contribution >= 0.6 is 0 Å². The van der Waals surface area contributed by atoms with Gasteiger partial charge in [-0.3, -0.25) is 0 Å². The molecule has 0 atom stereocenters. The zero-order chi connectivity index (χ0) is 14.6. The number of rotatable bonds is 6. The smallest absolute Gasteiger partial charge is 0.257 e. The van der Waals surface area contributed by atoms with E-state index in [9.17, 15) is 8.42 Å². The number of aliphatic hydroxyl groups is 1. The topological polar surface area (TPSA) is 98.3 Å². The summed E-state index contributed by atoms with van der Waals surface area (Å²) in [7, 11) is -3.51. The number of aliphatic hydroxyl groups excluding tert-OH is 1. The van der Waals surface area contributed by atoms with Gasteiger partial charge in [0.25, 0.3) is 10.0 Å². The number of sulfonamides is 1. The molecule has 2 heterocycles. The molecule has 8 heteroatoms. The van der Waals surface area contributed by atoms with Gasteiger partial charge in [0.05, 0.1) is 12.8 Å². The number of likely N-dealkylation sites (tertiary alicyclic amines) is 1. The molecule has 20 heavy (non-hydrogen) atoms. The van der Waals surface area contributed by atoms with Crippen LogP contribution in [0.5, 0.6) is 0 Å². The van der Waals surface area contributed by atoms with E-state index in [2.05, 4.69) is 19.6 Å². The molecule has 1 aliphatic heterocycles. The fourth-order valence-corrected chi connectivity index (χ4v) is 3.60. The number of piperidine rings is 1.